The largest absolute Gasteiger partial charge is 0.493 e. The molecule has 0 aliphatic carbocycles. The summed E-state index contributed by atoms with van der Waals surface area (Å²) in [5, 5.41) is 6.35. The number of benzene rings is 1. The molecule has 1 aromatic heterocycles. The van der Waals surface area contributed by atoms with Crippen LogP contribution >= 0.6 is 0 Å². The van der Waals surface area contributed by atoms with Gasteiger partial charge in [-0.3, -0.25) is 14.9 Å². The summed E-state index contributed by atoms with van der Waals surface area (Å²) in [5.41, 5.74) is 1.65. The number of aromatic nitrogens is 1. The standard InChI is InChI=1S/C21H25N3O6/c1-13-7-20(30-23-13)22-19(25)11-24-10-15(9-21(24)26)14-3-4-17(27-2)18(8-14)29-16-5-6-28-12-16/h3-4,7-8,15-16H,5-6,9-12H2,1-2H3,(H,22,25)/t15-,16-/m1/s1. The average molecular weight is 415 g/mol. The number of anilines is 1. The van der Waals surface area contributed by atoms with Crippen molar-refractivity contribution in [3.05, 3.63) is 35.5 Å². The quantitative estimate of drug-likeness (QED) is 0.739. The van der Waals surface area contributed by atoms with E-state index in [-0.39, 0.29) is 36.3 Å². The van der Waals surface area contributed by atoms with Gasteiger partial charge in [-0.05, 0) is 24.6 Å². The van der Waals surface area contributed by atoms with E-state index in [2.05, 4.69) is 10.5 Å². The second kappa shape index (κ2) is 8.74. The predicted molar refractivity (Wildman–Crippen MR) is 107 cm³/mol. The number of aryl methyl sites for hydroxylation is 1. The van der Waals surface area contributed by atoms with E-state index in [1.165, 1.54) is 0 Å². The van der Waals surface area contributed by atoms with Crippen LogP contribution in [0.25, 0.3) is 0 Å². The van der Waals surface area contributed by atoms with Gasteiger partial charge in [0.25, 0.3) is 0 Å². The molecule has 0 radical (unpaired) electrons. The highest BCUT2D eigenvalue weighted by molar-refractivity contribution is 5.94. The number of rotatable bonds is 7. The van der Waals surface area contributed by atoms with Crippen molar-refractivity contribution >= 4 is 17.7 Å². The van der Waals surface area contributed by atoms with Crippen LogP contribution in [-0.4, -0.2) is 61.4 Å². The van der Waals surface area contributed by atoms with Crippen molar-refractivity contribution in [2.75, 3.05) is 38.7 Å². The lowest BCUT2D eigenvalue weighted by molar-refractivity contribution is -0.131. The highest BCUT2D eigenvalue weighted by Crippen LogP contribution is 2.36. The van der Waals surface area contributed by atoms with E-state index in [9.17, 15) is 9.59 Å². The van der Waals surface area contributed by atoms with E-state index >= 15 is 0 Å². The van der Waals surface area contributed by atoms with E-state index in [0.717, 1.165) is 12.0 Å². The Morgan fingerprint density at radius 1 is 1.33 bits per heavy atom. The van der Waals surface area contributed by atoms with E-state index < -0.39 is 0 Å². The summed E-state index contributed by atoms with van der Waals surface area (Å²) in [4.78, 5) is 26.3. The number of carbonyl (C=O) groups excluding carboxylic acids is 2. The second-order valence-corrected chi connectivity index (χ2v) is 7.57. The van der Waals surface area contributed by atoms with Crippen LogP contribution in [0.4, 0.5) is 5.88 Å². The molecule has 1 N–H and O–H groups in total. The van der Waals surface area contributed by atoms with Crippen LogP contribution in [0.1, 0.15) is 30.0 Å². The van der Waals surface area contributed by atoms with E-state index in [1.807, 2.05) is 18.2 Å². The molecule has 2 amide bonds. The molecule has 0 bridgehead atoms. The lowest BCUT2D eigenvalue weighted by Crippen LogP contribution is -2.34. The molecule has 3 heterocycles. The van der Waals surface area contributed by atoms with Gasteiger partial charge in [0.05, 0.1) is 32.6 Å². The Hall–Kier alpha value is -3.07. The molecule has 30 heavy (non-hydrogen) atoms. The van der Waals surface area contributed by atoms with Gasteiger partial charge >= 0.3 is 0 Å². The Morgan fingerprint density at radius 2 is 2.20 bits per heavy atom. The smallest absolute Gasteiger partial charge is 0.246 e. The highest BCUT2D eigenvalue weighted by atomic mass is 16.6. The summed E-state index contributed by atoms with van der Waals surface area (Å²) >= 11 is 0. The molecule has 2 aliphatic rings. The summed E-state index contributed by atoms with van der Waals surface area (Å²) in [7, 11) is 1.60. The maximum Gasteiger partial charge on any atom is 0.246 e. The summed E-state index contributed by atoms with van der Waals surface area (Å²) in [5.74, 6) is 1.16. The van der Waals surface area contributed by atoms with E-state index in [0.29, 0.717) is 43.4 Å². The molecule has 0 unspecified atom stereocenters. The molecule has 9 nitrogen and oxygen atoms in total. The fraction of sp³-hybridized carbons (Fsp3) is 0.476. The molecule has 2 fully saturated rings. The number of likely N-dealkylation sites (tertiary alicyclic amines) is 1. The number of methoxy groups -OCH3 is 1. The third kappa shape index (κ3) is 4.56. The van der Waals surface area contributed by atoms with Crippen LogP contribution in [0.2, 0.25) is 0 Å². The molecule has 1 aromatic carbocycles. The SMILES string of the molecule is COc1ccc([C@@H]2CC(=O)N(CC(=O)Nc3cc(C)no3)C2)cc1O[C@@H]1CCOC1. The molecule has 160 valence electrons. The van der Waals surface area contributed by atoms with Gasteiger partial charge in [-0.15, -0.1) is 0 Å². The van der Waals surface area contributed by atoms with Crippen molar-refractivity contribution in [2.24, 2.45) is 0 Å². The van der Waals surface area contributed by atoms with Crippen LogP contribution in [0.5, 0.6) is 11.5 Å². The maximum absolute atomic E-state index is 12.5. The Morgan fingerprint density at radius 3 is 2.90 bits per heavy atom. The summed E-state index contributed by atoms with van der Waals surface area (Å²) < 4.78 is 21.8. The first-order valence-corrected chi connectivity index (χ1v) is 9.95. The minimum atomic E-state index is -0.319. The van der Waals surface area contributed by atoms with Gasteiger partial charge < -0.3 is 23.6 Å². The van der Waals surface area contributed by atoms with Crippen molar-refractivity contribution < 1.29 is 28.3 Å². The van der Waals surface area contributed by atoms with Gasteiger partial charge in [0, 0.05) is 31.4 Å². The van der Waals surface area contributed by atoms with Crippen molar-refractivity contribution in [2.45, 2.75) is 31.8 Å². The summed E-state index contributed by atoms with van der Waals surface area (Å²) in [6.45, 7) is 3.44. The lowest BCUT2D eigenvalue weighted by atomic mass is 9.98. The van der Waals surface area contributed by atoms with Crippen LogP contribution in [0, 0.1) is 6.92 Å². The molecule has 2 aliphatic heterocycles. The maximum atomic E-state index is 12.5. The molecule has 9 heteroatoms. The van der Waals surface area contributed by atoms with Crippen molar-refractivity contribution in [1.82, 2.24) is 10.1 Å². The number of hydrogen-bond acceptors (Lipinski definition) is 7. The van der Waals surface area contributed by atoms with E-state index in [4.69, 9.17) is 18.7 Å². The third-order valence-corrected chi connectivity index (χ3v) is 5.28. The van der Waals surface area contributed by atoms with Crippen LogP contribution in [0.15, 0.2) is 28.8 Å². The number of carbonyl (C=O) groups is 2. The number of hydrogen-bond donors (Lipinski definition) is 1. The van der Waals surface area contributed by atoms with Crippen molar-refractivity contribution in [3.63, 3.8) is 0 Å². The first-order chi connectivity index (χ1) is 14.5. The first kappa shape index (κ1) is 20.2. The van der Waals surface area contributed by atoms with Crippen LogP contribution < -0.4 is 14.8 Å². The predicted octanol–water partition coefficient (Wildman–Crippen LogP) is 2.11. The van der Waals surface area contributed by atoms with E-state index in [1.54, 1.807) is 25.0 Å². The minimum Gasteiger partial charge on any atom is -0.493 e. The number of ether oxygens (including phenoxy) is 3. The van der Waals surface area contributed by atoms with Gasteiger partial charge in [-0.2, -0.15) is 0 Å². The molecule has 0 spiro atoms. The van der Waals surface area contributed by atoms with Gasteiger partial charge in [-0.1, -0.05) is 11.2 Å². The second-order valence-electron chi connectivity index (χ2n) is 7.57. The molecular formula is C21H25N3O6. The molecule has 2 aromatic rings. The zero-order chi connectivity index (χ0) is 21.1. The Bertz CT molecular complexity index is 921. The molecule has 2 saturated heterocycles. The third-order valence-electron chi connectivity index (χ3n) is 5.28. The Balaban J connectivity index is 1.40. The van der Waals surface area contributed by atoms with Gasteiger partial charge in [-0.25, -0.2) is 0 Å². The summed E-state index contributed by atoms with van der Waals surface area (Å²) in [6, 6.07) is 7.35. The average Bonchev–Trinajstić information content (AvgIpc) is 3.45. The van der Waals surface area contributed by atoms with Crippen molar-refractivity contribution in [1.29, 1.82) is 0 Å². The number of nitrogens with zero attached hydrogens (tertiary/aromatic N) is 2. The van der Waals surface area contributed by atoms with Crippen LogP contribution in [-0.2, 0) is 14.3 Å². The van der Waals surface area contributed by atoms with Crippen molar-refractivity contribution in [3.8, 4) is 11.5 Å². The number of nitrogens with one attached hydrogen (secondary N) is 1. The first-order valence-electron chi connectivity index (χ1n) is 9.95. The zero-order valence-corrected chi connectivity index (χ0v) is 17.1. The molecule has 2 atom stereocenters. The van der Waals surface area contributed by atoms with Gasteiger partial charge in [0.2, 0.25) is 17.7 Å². The summed E-state index contributed by atoms with van der Waals surface area (Å²) in [6.07, 6.45) is 1.18. The normalized spacial score (nSPS) is 21.1. The van der Waals surface area contributed by atoms with Gasteiger partial charge in [0.1, 0.15) is 6.10 Å². The number of amides is 2. The Kier molecular flexibility index (Phi) is 5.89. The molecule has 0 saturated carbocycles. The van der Waals surface area contributed by atoms with Crippen LogP contribution in [0.3, 0.4) is 0 Å². The van der Waals surface area contributed by atoms with Gasteiger partial charge in [0.15, 0.2) is 11.5 Å². The highest BCUT2D eigenvalue weighted by Gasteiger charge is 2.32. The zero-order valence-electron chi connectivity index (χ0n) is 17.1. The molecule has 4 rings (SSSR count). The fourth-order valence-electron chi connectivity index (χ4n) is 3.75. The minimum absolute atomic E-state index is 0.000665. The Labute approximate surface area is 174 Å². The fourth-order valence-corrected chi connectivity index (χ4v) is 3.75. The topological polar surface area (TPSA) is 103 Å². The molecular weight excluding hydrogens is 390 g/mol. The lowest BCUT2D eigenvalue weighted by Gasteiger charge is -2.18. The monoisotopic (exact) mass is 415 g/mol.